The standard InChI is InChI=1S/C61H62BrF3N6O7/c62-50-14-8-16-52(38-50)69-60(77)71(54-31-27-46(28-32-54)44-11-5-2-6-12-44)40-42-19-23-48(24-20-42)58(75)67-36-34-56(73)78-55(72)33-35-66-57(74)47-21-17-41(18-22-47)39-70(53-29-25-45(26-30-53)43-9-3-1-4-10-43)59(76)68-51-15-7-13-49(37-51)61(63,64)65/h7-8,13-32,37-38,43-44H,1-6,9-12,33-36,39-40H2,(H,66,74)(H,67,75)(H,68,76)(H,69,77). The first-order chi connectivity index (χ1) is 37.6. The fourth-order valence-corrected chi connectivity index (χ4v) is 10.3. The van der Waals surface area contributed by atoms with Crippen LogP contribution in [0.4, 0.5) is 45.5 Å². The molecule has 406 valence electrons. The second kappa shape index (κ2) is 27.0. The van der Waals surface area contributed by atoms with E-state index in [1.807, 2.05) is 60.7 Å². The number of nitrogens with zero attached hydrogens (tertiary/aromatic N) is 2. The van der Waals surface area contributed by atoms with Crippen LogP contribution in [0.25, 0.3) is 0 Å². The summed E-state index contributed by atoms with van der Waals surface area (Å²) < 4.78 is 46.2. The van der Waals surface area contributed by atoms with Crippen LogP contribution in [0.3, 0.4) is 0 Å². The maximum atomic E-state index is 13.8. The number of carbonyl (C=O) groups excluding carboxylic acids is 6. The van der Waals surface area contributed by atoms with Crippen LogP contribution in [-0.4, -0.2) is 48.9 Å². The number of anilines is 4. The number of nitrogens with one attached hydrogen (secondary N) is 4. The van der Waals surface area contributed by atoms with E-state index in [0.29, 0.717) is 34.3 Å². The Morgan fingerprint density at radius 3 is 1.33 bits per heavy atom. The zero-order chi connectivity index (χ0) is 55.0. The lowest BCUT2D eigenvalue weighted by atomic mass is 9.84. The Kier molecular flexibility index (Phi) is 19.5. The first-order valence-electron chi connectivity index (χ1n) is 26.4. The summed E-state index contributed by atoms with van der Waals surface area (Å²) in [5.41, 5.74) is 5.40. The van der Waals surface area contributed by atoms with Gasteiger partial charge in [-0.2, -0.15) is 13.2 Å². The van der Waals surface area contributed by atoms with Gasteiger partial charge >= 0.3 is 30.2 Å². The highest BCUT2D eigenvalue weighted by molar-refractivity contribution is 9.10. The molecule has 2 fully saturated rings. The van der Waals surface area contributed by atoms with Crippen molar-refractivity contribution in [2.45, 2.75) is 108 Å². The van der Waals surface area contributed by atoms with E-state index in [4.69, 9.17) is 4.74 Å². The highest BCUT2D eigenvalue weighted by Gasteiger charge is 2.31. The van der Waals surface area contributed by atoms with Gasteiger partial charge in [0, 0.05) is 51.4 Å². The highest BCUT2D eigenvalue weighted by Crippen LogP contribution is 2.36. The number of hydrogen-bond donors (Lipinski definition) is 4. The predicted molar refractivity (Wildman–Crippen MR) is 298 cm³/mol. The maximum absolute atomic E-state index is 13.8. The molecule has 0 aromatic heterocycles. The summed E-state index contributed by atoms with van der Waals surface area (Å²) in [6.45, 7) is 0.00377. The van der Waals surface area contributed by atoms with Crippen molar-refractivity contribution in [3.63, 3.8) is 0 Å². The van der Waals surface area contributed by atoms with Crippen molar-refractivity contribution in [3.8, 4) is 0 Å². The maximum Gasteiger partial charge on any atom is 0.416 e. The molecule has 4 N–H and O–H groups in total. The molecule has 17 heteroatoms. The topological polar surface area (TPSA) is 166 Å². The fraction of sp³-hybridized carbons (Fsp3) is 0.311. The molecule has 0 radical (unpaired) electrons. The summed E-state index contributed by atoms with van der Waals surface area (Å²) in [5, 5.41) is 10.9. The van der Waals surface area contributed by atoms with Crippen molar-refractivity contribution >= 4 is 74.5 Å². The van der Waals surface area contributed by atoms with Crippen LogP contribution in [0, 0.1) is 0 Å². The van der Waals surface area contributed by atoms with E-state index in [9.17, 15) is 41.9 Å². The van der Waals surface area contributed by atoms with Crippen molar-refractivity contribution < 1.29 is 46.7 Å². The van der Waals surface area contributed by atoms with Crippen LogP contribution < -0.4 is 31.1 Å². The molecule has 6 aromatic carbocycles. The molecule has 0 aliphatic heterocycles. The number of benzene rings is 6. The quantitative estimate of drug-likeness (QED) is 0.0491. The molecular weight excluding hydrogens is 1070 g/mol. The minimum Gasteiger partial charge on any atom is -0.393 e. The number of urea groups is 2. The minimum absolute atomic E-state index is 0.0186. The number of rotatable bonds is 18. The van der Waals surface area contributed by atoms with E-state index < -0.39 is 41.5 Å². The van der Waals surface area contributed by atoms with Crippen LogP contribution in [-0.2, 0) is 33.6 Å². The number of ether oxygens (including phenoxy) is 1. The molecule has 0 saturated heterocycles. The number of esters is 2. The molecule has 6 amide bonds. The van der Waals surface area contributed by atoms with Gasteiger partial charge in [0.25, 0.3) is 11.8 Å². The van der Waals surface area contributed by atoms with E-state index in [1.165, 1.54) is 53.8 Å². The summed E-state index contributed by atoms with van der Waals surface area (Å²) in [7, 11) is 0. The van der Waals surface area contributed by atoms with Gasteiger partial charge in [-0.3, -0.25) is 29.0 Å². The highest BCUT2D eigenvalue weighted by atomic mass is 79.9. The molecule has 0 atom stereocenters. The Balaban J connectivity index is 0.783. The third-order valence-electron chi connectivity index (χ3n) is 14.1. The average molecular weight is 1130 g/mol. The van der Waals surface area contributed by atoms with Crippen LogP contribution in [0.2, 0.25) is 0 Å². The first-order valence-corrected chi connectivity index (χ1v) is 27.2. The summed E-state index contributed by atoms with van der Waals surface area (Å²) in [6.07, 6.45) is 6.53. The van der Waals surface area contributed by atoms with Gasteiger partial charge in [0.1, 0.15) is 0 Å². The van der Waals surface area contributed by atoms with Crippen LogP contribution in [0.15, 0.2) is 150 Å². The Hall–Kier alpha value is -7.79. The van der Waals surface area contributed by atoms with Crippen molar-refractivity contribution in [2.24, 2.45) is 0 Å². The molecule has 0 unspecified atom stereocenters. The third-order valence-corrected chi connectivity index (χ3v) is 14.6. The van der Waals surface area contributed by atoms with Gasteiger partial charge in [-0.15, -0.1) is 0 Å². The lowest BCUT2D eigenvalue weighted by molar-refractivity contribution is -0.159. The van der Waals surface area contributed by atoms with E-state index in [1.54, 1.807) is 53.4 Å². The monoisotopic (exact) mass is 1130 g/mol. The number of carbonyl (C=O) groups is 6. The Morgan fingerprint density at radius 2 is 0.923 bits per heavy atom. The van der Waals surface area contributed by atoms with Crippen molar-refractivity contribution in [2.75, 3.05) is 33.5 Å². The second-order valence-electron chi connectivity index (χ2n) is 19.7. The molecule has 2 aliphatic carbocycles. The largest absolute Gasteiger partial charge is 0.416 e. The summed E-state index contributed by atoms with van der Waals surface area (Å²) >= 11 is 3.46. The SMILES string of the molecule is O=C(CCNC(=O)c1ccc(CN(C(=O)Nc2cccc(Br)c2)c2ccc(C3CCCCC3)cc2)cc1)OC(=O)CCNC(=O)c1ccc(CN(C(=O)Nc2cccc(C(F)(F)F)c2)c2ccc(C3CCCCC3)cc2)cc1. The molecule has 13 nitrogen and oxygen atoms in total. The molecule has 0 heterocycles. The van der Waals surface area contributed by atoms with Crippen molar-refractivity contribution in [3.05, 3.63) is 189 Å². The molecular formula is C61H62BrF3N6O7. The third kappa shape index (κ3) is 16.1. The van der Waals surface area contributed by atoms with Gasteiger partial charge in [-0.1, -0.05) is 115 Å². The van der Waals surface area contributed by atoms with Gasteiger partial charge < -0.3 is 26.0 Å². The van der Waals surface area contributed by atoms with E-state index in [0.717, 1.165) is 66.4 Å². The summed E-state index contributed by atoms with van der Waals surface area (Å²) in [5.74, 6) is -1.74. The smallest absolute Gasteiger partial charge is 0.393 e. The lowest BCUT2D eigenvalue weighted by Gasteiger charge is -2.26. The van der Waals surface area contributed by atoms with E-state index >= 15 is 0 Å². The zero-order valence-corrected chi connectivity index (χ0v) is 44.7. The van der Waals surface area contributed by atoms with Crippen LogP contribution in [0.1, 0.15) is 137 Å². The van der Waals surface area contributed by atoms with Crippen molar-refractivity contribution in [1.82, 2.24) is 10.6 Å². The number of hydrogen-bond acceptors (Lipinski definition) is 7. The minimum atomic E-state index is -4.59. The number of amides is 6. The lowest BCUT2D eigenvalue weighted by Crippen LogP contribution is -2.34. The summed E-state index contributed by atoms with van der Waals surface area (Å²) in [4.78, 5) is 81.7. The number of halogens is 4. The second-order valence-corrected chi connectivity index (χ2v) is 20.6. The molecule has 2 aliphatic rings. The molecule has 0 spiro atoms. The van der Waals surface area contributed by atoms with Gasteiger partial charge in [-0.05, 0) is 145 Å². The molecule has 2 saturated carbocycles. The number of alkyl halides is 3. The van der Waals surface area contributed by atoms with Crippen molar-refractivity contribution in [1.29, 1.82) is 0 Å². The first kappa shape index (κ1) is 56.4. The molecule has 78 heavy (non-hydrogen) atoms. The Morgan fingerprint density at radius 1 is 0.513 bits per heavy atom. The molecule has 0 bridgehead atoms. The predicted octanol–water partition coefficient (Wildman–Crippen LogP) is 14.1. The van der Waals surface area contributed by atoms with Crippen LogP contribution in [0.5, 0.6) is 0 Å². The van der Waals surface area contributed by atoms with Gasteiger partial charge in [0.05, 0.1) is 31.5 Å². The molecule has 6 aromatic rings. The van der Waals surface area contributed by atoms with Gasteiger partial charge in [0.15, 0.2) is 0 Å². The summed E-state index contributed by atoms with van der Waals surface area (Å²) in [6, 6.07) is 39.8. The normalized spacial score (nSPS) is 13.9. The Bertz CT molecular complexity index is 3040. The fourth-order valence-electron chi connectivity index (χ4n) is 9.88. The van der Waals surface area contributed by atoms with Gasteiger partial charge in [-0.25, -0.2) is 9.59 Å². The average Bonchev–Trinajstić information content (AvgIpc) is 3.45. The van der Waals surface area contributed by atoms with E-state index in [2.05, 4.69) is 49.3 Å². The van der Waals surface area contributed by atoms with E-state index in [-0.39, 0.29) is 56.3 Å². The molecule has 8 rings (SSSR count). The van der Waals surface area contributed by atoms with Crippen LogP contribution >= 0.6 is 15.9 Å². The van der Waals surface area contributed by atoms with Gasteiger partial charge in [0.2, 0.25) is 0 Å². The Labute approximate surface area is 460 Å². The zero-order valence-electron chi connectivity index (χ0n) is 43.1.